The van der Waals surface area contributed by atoms with Crippen LogP contribution in [0.15, 0.2) is 4.99 Å². The molecule has 1 fully saturated rings. The lowest BCUT2D eigenvalue weighted by Gasteiger charge is -2.26. The second-order valence-electron chi connectivity index (χ2n) is 2.53. The Kier molecular flexibility index (Phi) is 3.63. The van der Waals surface area contributed by atoms with Crippen LogP contribution in [-0.2, 0) is 0 Å². The van der Waals surface area contributed by atoms with E-state index in [1.165, 1.54) is 19.3 Å². The number of piperidine rings is 1. The van der Waals surface area contributed by atoms with Crippen LogP contribution in [0, 0.1) is 0 Å². The molecule has 0 radical (unpaired) electrons. The van der Waals surface area contributed by atoms with Gasteiger partial charge in [-0.2, -0.15) is 4.99 Å². The summed E-state index contributed by atoms with van der Waals surface area (Å²) in [5.74, 6) is 0. The molecule has 0 unspecified atom stereocenters. The first-order chi connectivity index (χ1) is 5.34. The summed E-state index contributed by atoms with van der Waals surface area (Å²) in [4.78, 5) is 5.85. The van der Waals surface area contributed by atoms with Crippen LogP contribution in [0.4, 0.5) is 0 Å². The highest BCUT2D eigenvalue weighted by atomic mass is 32.1. The van der Waals surface area contributed by atoms with Crippen molar-refractivity contribution in [3.8, 4) is 0 Å². The molecule has 0 N–H and O–H groups in total. The van der Waals surface area contributed by atoms with Gasteiger partial charge in [0.1, 0.15) is 0 Å². The molecule has 0 aromatic heterocycles. The number of nitrogens with zero attached hydrogens (tertiary/aromatic N) is 2. The van der Waals surface area contributed by atoms with Gasteiger partial charge in [0, 0.05) is 13.1 Å². The van der Waals surface area contributed by atoms with E-state index in [2.05, 4.69) is 27.3 Å². The van der Waals surface area contributed by atoms with E-state index in [4.69, 9.17) is 12.2 Å². The second kappa shape index (κ2) is 4.54. The number of isothiocyanates is 1. The molecular formula is C7H10N2S2. The molecule has 1 saturated heterocycles. The summed E-state index contributed by atoms with van der Waals surface area (Å²) in [5.41, 5.74) is 0. The fourth-order valence-electron chi connectivity index (χ4n) is 1.19. The number of thiocarbonyl (C=S) groups is 2. The maximum Gasteiger partial charge on any atom is 0.204 e. The molecule has 1 rings (SSSR count). The molecule has 4 heteroatoms. The number of likely N-dealkylation sites (tertiary alicyclic amines) is 1. The van der Waals surface area contributed by atoms with Crippen LogP contribution < -0.4 is 0 Å². The van der Waals surface area contributed by atoms with Crippen LogP contribution in [0.25, 0.3) is 0 Å². The Labute approximate surface area is 77.3 Å². The Bertz CT molecular complexity index is 191. The van der Waals surface area contributed by atoms with Crippen molar-refractivity contribution in [2.24, 2.45) is 4.99 Å². The molecule has 60 valence electrons. The highest BCUT2D eigenvalue weighted by molar-refractivity contribution is 7.80. The number of hydrogen-bond donors (Lipinski definition) is 0. The maximum absolute atomic E-state index is 5.00. The molecule has 0 saturated carbocycles. The Morgan fingerprint density at radius 3 is 2.45 bits per heavy atom. The van der Waals surface area contributed by atoms with Crippen molar-refractivity contribution in [2.45, 2.75) is 19.3 Å². The zero-order valence-corrected chi connectivity index (χ0v) is 7.88. The third kappa shape index (κ3) is 2.66. The van der Waals surface area contributed by atoms with Gasteiger partial charge in [-0.3, -0.25) is 0 Å². The lowest BCUT2D eigenvalue weighted by atomic mass is 10.1. The fourth-order valence-corrected chi connectivity index (χ4v) is 1.57. The van der Waals surface area contributed by atoms with Crippen LogP contribution in [0.5, 0.6) is 0 Å². The predicted octanol–water partition coefficient (Wildman–Crippen LogP) is 1.86. The average molecular weight is 186 g/mol. The standard InChI is InChI=1S/C7H10N2S2/c10-6-8-7(11)9-4-2-1-3-5-9/h1-5H2. The van der Waals surface area contributed by atoms with Crippen molar-refractivity contribution < 1.29 is 0 Å². The zero-order chi connectivity index (χ0) is 8.10. The highest BCUT2D eigenvalue weighted by Gasteiger charge is 2.11. The molecule has 0 bridgehead atoms. The van der Waals surface area contributed by atoms with E-state index in [1.54, 1.807) is 0 Å². The second-order valence-corrected chi connectivity index (χ2v) is 3.08. The van der Waals surface area contributed by atoms with E-state index in [-0.39, 0.29) is 0 Å². The van der Waals surface area contributed by atoms with E-state index in [0.717, 1.165) is 13.1 Å². The summed E-state index contributed by atoms with van der Waals surface area (Å²) >= 11 is 9.47. The predicted molar refractivity (Wildman–Crippen MR) is 53.0 cm³/mol. The summed E-state index contributed by atoms with van der Waals surface area (Å²) in [7, 11) is 0. The smallest absolute Gasteiger partial charge is 0.204 e. The average Bonchev–Trinajstić information content (AvgIpc) is 2.07. The quantitative estimate of drug-likeness (QED) is 0.424. The summed E-state index contributed by atoms with van der Waals surface area (Å²) in [6.45, 7) is 2.05. The molecule has 2 nitrogen and oxygen atoms in total. The summed E-state index contributed by atoms with van der Waals surface area (Å²) in [6, 6.07) is 0. The van der Waals surface area contributed by atoms with E-state index in [1.807, 2.05) is 0 Å². The van der Waals surface area contributed by atoms with Gasteiger partial charge in [-0.1, -0.05) is 0 Å². The number of rotatable bonds is 0. The Hall–Kier alpha value is -0.310. The van der Waals surface area contributed by atoms with Crippen molar-refractivity contribution in [2.75, 3.05) is 13.1 Å². The van der Waals surface area contributed by atoms with E-state index in [0.29, 0.717) is 5.11 Å². The molecule has 1 heterocycles. The Morgan fingerprint density at radius 1 is 1.27 bits per heavy atom. The molecule has 11 heavy (non-hydrogen) atoms. The summed E-state index contributed by atoms with van der Waals surface area (Å²) < 4.78 is 0. The first-order valence-electron chi connectivity index (χ1n) is 3.71. The monoisotopic (exact) mass is 186 g/mol. The Morgan fingerprint density at radius 2 is 1.91 bits per heavy atom. The lowest BCUT2D eigenvalue weighted by molar-refractivity contribution is 0.345. The minimum atomic E-state index is 0.597. The number of hydrogen-bond acceptors (Lipinski definition) is 2. The van der Waals surface area contributed by atoms with Crippen molar-refractivity contribution in [1.29, 1.82) is 0 Å². The van der Waals surface area contributed by atoms with Gasteiger partial charge in [0.2, 0.25) is 5.11 Å². The molecule has 1 aliphatic heterocycles. The highest BCUT2D eigenvalue weighted by Crippen LogP contribution is 2.09. The van der Waals surface area contributed by atoms with E-state index in [9.17, 15) is 0 Å². The molecule has 0 amide bonds. The van der Waals surface area contributed by atoms with Gasteiger partial charge in [-0.15, -0.1) is 0 Å². The van der Waals surface area contributed by atoms with Crippen LogP contribution >= 0.6 is 24.4 Å². The largest absolute Gasteiger partial charge is 0.347 e. The molecule has 1 aliphatic rings. The van der Waals surface area contributed by atoms with Crippen LogP contribution in [0.3, 0.4) is 0 Å². The first-order valence-corrected chi connectivity index (χ1v) is 4.53. The van der Waals surface area contributed by atoms with Gasteiger partial charge < -0.3 is 4.90 Å². The molecular weight excluding hydrogens is 176 g/mol. The van der Waals surface area contributed by atoms with E-state index < -0.39 is 0 Å². The van der Waals surface area contributed by atoms with Gasteiger partial charge in [0.15, 0.2) is 0 Å². The van der Waals surface area contributed by atoms with Crippen molar-refractivity contribution >= 4 is 34.7 Å². The van der Waals surface area contributed by atoms with Crippen molar-refractivity contribution in [3.63, 3.8) is 0 Å². The van der Waals surface area contributed by atoms with Crippen molar-refractivity contribution in [3.05, 3.63) is 0 Å². The molecule has 0 aliphatic carbocycles. The number of aliphatic imine (C=N–C) groups is 1. The van der Waals surface area contributed by atoms with Gasteiger partial charge in [0.25, 0.3) is 0 Å². The van der Waals surface area contributed by atoms with E-state index >= 15 is 0 Å². The minimum absolute atomic E-state index is 0.597. The van der Waals surface area contributed by atoms with Gasteiger partial charge in [-0.25, -0.2) is 0 Å². The fraction of sp³-hybridized carbons (Fsp3) is 0.714. The maximum atomic E-state index is 5.00. The molecule has 0 atom stereocenters. The van der Waals surface area contributed by atoms with Crippen LogP contribution in [-0.4, -0.2) is 28.3 Å². The third-order valence-electron chi connectivity index (χ3n) is 1.77. The van der Waals surface area contributed by atoms with Gasteiger partial charge >= 0.3 is 0 Å². The minimum Gasteiger partial charge on any atom is -0.347 e. The Balaban J connectivity index is 2.44. The summed E-state index contributed by atoms with van der Waals surface area (Å²) in [5, 5.41) is 2.89. The van der Waals surface area contributed by atoms with Gasteiger partial charge in [0.05, 0.1) is 5.16 Å². The summed E-state index contributed by atoms with van der Waals surface area (Å²) in [6.07, 6.45) is 3.74. The third-order valence-corrected chi connectivity index (χ3v) is 2.21. The molecule has 0 spiro atoms. The van der Waals surface area contributed by atoms with Gasteiger partial charge in [-0.05, 0) is 43.7 Å². The van der Waals surface area contributed by atoms with Crippen molar-refractivity contribution in [1.82, 2.24) is 4.90 Å². The van der Waals surface area contributed by atoms with Crippen LogP contribution in [0.2, 0.25) is 0 Å². The van der Waals surface area contributed by atoms with Crippen LogP contribution in [0.1, 0.15) is 19.3 Å². The topological polar surface area (TPSA) is 15.6 Å². The first kappa shape index (κ1) is 8.78. The molecule has 0 aromatic rings. The SMILES string of the molecule is S=C=NC(=S)N1CCCCC1. The normalized spacial score (nSPS) is 17.3. The zero-order valence-electron chi connectivity index (χ0n) is 6.25. The molecule has 0 aromatic carbocycles. The lowest BCUT2D eigenvalue weighted by Crippen LogP contribution is -2.33.